The molecule has 3 aromatic carbocycles. The van der Waals surface area contributed by atoms with Crippen LogP contribution in [-0.4, -0.2) is 54.1 Å². The molecule has 3 heterocycles. The highest BCUT2D eigenvalue weighted by molar-refractivity contribution is 5.98. The van der Waals surface area contributed by atoms with Gasteiger partial charge in [-0.2, -0.15) is 0 Å². The zero-order valence-electron chi connectivity index (χ0n) is 28.7. The quantitative estimate of drug-likeness (QED) is 0.0576. The van der Waals surface area contributed by atoms with Crippen LogP contribution >= 0.6 is 0 Å². The number of hydrogen-bond acceptors (Lipinski definition) is 6. The molecule has 12 nitrogen and oxygen atoms in total. The molecule has 3 aromatic heterocycles. The van der Waals surface area contributed by atoms with E-state index >= 15 is 0 Å². The maximum Gasteiger partial charge on any atom is 0.320 e. The molecule has 0 spiro atoms. The second-order valence-electron chi connectivity index (χ2n) is 12.1. The Morgan fingerprint density at radius 2 is 1.27 bits per heavy atom. The SMILES string of the molecule is C=Cc1ccc([N+](=O)[O-])c2c(CC(N)C(=O)O)c(C)[nH]c12.C=Cc1cccc2c(CC(N)C(=O)O)c(C)[nH]c12.C=Cc1cccc2cc(C)[nH]c12. The monoisotopic (exact) mass is 690 g/mol. The van der Waals surface area contributed by atoms with E-state index in [0.717, 1.165) is 27.7 Å². The fourth-order valence-corrected chi connectivity index (χ4v) is 6.04. The summed E-state index contributed by atoms with van der Waals surface area (Å²) in [4.78, 5) is 42.1. The van der Waals surface area contributed by atoms with Crippen LogP contribution in [0.4, 0.5) is 5.69 Å². The number of non-ortho nitro benzene ring substituents is 1. The first kappa shape index (κ1) is 37.6. The zero-order chi connectivity index (χ0) is 37.6. The lowest BCUT2D eigenvalue weighted by Crippen LogP contribution is -2.32. The maximum absolute atomic E-state index is 11.2. The summed E-state index contributed by atoms with van der Waals surface area (Å²) in [6.45, 7) is 16.9. The third-order valence-corrected chi connectivity index (χ3v) is 8.63. The van der Waals surface area contributed by atoms with Crippen LogP contribution in [0.1, 0.15) is 44.9 Å². The minimum absolute atomic E-state index is 0.0165. The molecule has 9 N–H and O–H groups in total. The standard InChI is InChI=1S/C14H15N3O4.C14H16N2O2.C11H11N/c1-3-8-4-5-11(17(20)21)12-9(6-10(15)14(18)19)7(2)16-13(8)12;1-3-9-5-4-6-10-11(7-12(15)14(17)18)8(2)16-13(9)10;1-3-9-5-4-6-10-7-8(2)12-11(9)10/h3-5,10,16H,1,6,15H2,2H3,(H,18,19);3-6,12,16H,1,7,15H2,2H3,(H,17,18);3-7,12H,1H2,2H3. The Balaban J connectivity index is 0.000000177. The molecule has 0 fully saturated rings. The van der Waals surface area contributed by atoms with Crippen LogP contribution in [0.25, 0.3) is 50.9 Å². The van der Waals surface area contributed by atoms with E-state index in [0.29, 0.717) is 34.1 Å². The molecule has 51 heavy (non-hydrogen) atoms. The van der Waals surface area contributed by atoms with Crippen molar-refractivity contribution in [3.05, 3.63) is 129 Å². The number of aromatic nitrogens is 3. The molecule has 6 rings (SSSR count). The van der Waals surface area contributed by atoms with Gasteiger partial charge in [-0.3, -0.25) is 19.7 Å². The Hall–Kier alpha value is -6.24. The number of carboxylic acids is 2. The van der Waals surface area contributed by atoms with E-state index in [-0.39, 0.29) is 12.1 Å². The molecule has 0 amide bonds. The van der Waals surface area contributed by atoms with Crippen molar-refractivity contribution in [3.8, 4) is 0 Å². The van der Waals surface area contributed by atoms with Crippen LogP contribution in [0.3, 0.4) is 0 Å². The molecule has 0 radical (unpaired) electrons. The van der Waals surface area contributed by atoms with E-state index in [1.807, 2.05) is 37.3 Å². The molecule has 264 valence electrons. The molecule has 0 aliphatic heterocycles. The highest BCUT2D eigenvalue weighted by Gasteiger charge is 2.24. The number of nitro groups is 1. The van der Waals surface area contributed by atoms with E-state index < -0.39 is 28.9 Å². The van der Waals surface area contributed by atoms with Gasteiger partial charge in [-0.25, -0.2) is 0 Å². The normalized spacial score (nSPS) is 11.9. The number of benzene rings is 3. The van der Waals surface area contributed by atoms with E-state index in [4.69, 9.17) is 21.7 Å². The van der Waals surface area contributed by atoms with E-state index in [1.54, 1.807) is 25.1 Å². The lowest BCUT2D eigenvalue weighted by molar-refractivity contribution is -0.383. The smallest absolute Gasteiger partial charge is 0.320 e. The number of aromatic amines is 3. The molecule has 0 aliphatic rings. The van der Waals surface area contributed by atoms with Crippen molar-refractivity contribution >= 4 is 68.6 Å². The summed E-state index contributed by atoms with van der Waals surface area (Å²) >= 11 is 0. The first-order valence-electron chi connectivity index (χ1n) is 16.0. The predicted molar refractivity (Wildman–Crippen MR) is 205 cm³/mol. The molecule has 0 saturated carbocycles. The van der Waals surface area contributed by atoms with Gasteiger partial charge in [0.1, 0.15) is 12.1 Å². The number of carbonyl (C=O) groups is 2. The van der Waals surface area contributed by atoms with Gasteiger partial charge in [0.2, 0.25) is 0 Å². The fourth-order valence-electron chi connectivity index (χ4n) is 6.04. The van der Waals surface area contributed by atoms with Gasteiger partial charge in [0.25, 0.3) is 5.69 Å². The average Bonchev–Trinajstić information content (AvgIpc) is 3.75. The topological polar surface area (TPSA) is 217 Å². The maximum atomic E-state index is 11.2. The van der Waals surface area contributed by atoms with Crippen LogP contribution in [0, 0.1) is 30.9 Å². The van der Waals surface area contributed by atoms with Gasteiger partial charge >= 0.3 is 11.9 Å². The number of para-hydroxylation sites is 2. The first-order chi connectivity index (χ1) is 24.2. The number of fused-ring (bicyclic) bond motifs is 3. The number of nitrogens with one attached hydrogen (secondary N) is 3. The summed E-state index contributed by atoms with van der Waals surface area (Å²) in [7, 11) is 0. The summed E-state index contributed by atoms with van der Waals surface area (Å²) in [6.07, 6.45) is 5.57. The number of nitro benzene ring substituents is 1. The molecule has 2 atom stereocenters. The number of aliphatic carboxylic acids is 2. The third kappa shape index (κ3) is 8.15. The third-order valence-electron chi connectivity index (χ3n) is 8.63. The van der Waals surface area contributed by atoms with Gasteiger partial charge in [-0.1, -0.05) is 74.4 Å². The number of carboxylic acid groups (broad SMARTS) is 2. The van der Waals surface area contributed by atoms with E-state index in [2.05, 4.69) is 59.8 Å². The van der Waals surface area contributed by atoms with Gasteiger partial charge in [-0.15, -0.1) is 0 Å². The van der Waals surface area contributed by atoms with Gasteiger partial charge in [0.15, 0.2) is 0 Å². The Labute approximate surface area is 294 Å². The minimum atomic E-state index is -1.15. The van der Waals surface area contributed by atoms with Crippen molar-refractivity contribution in [2.45, 2.75) is 45.7 Å². The summed E-state index contributed by atoms with van der Waals surface area (Å²) in [5, 5.41) is 31.7. The highest BCUT2D eigenvalue weighted by atomic mass is 16.6. The number of rotatable bonds is 10. The summed E-state index contributed by atoms with van der Waals surface area (Å²) < 4.78 is 0. The van der Waals surface area contributed by atoms with Gasteiger partial charge < -0.3 is 36.6 Å². The second-order valence-corrected chi connectivity index (χ2v) is 12.1. The first-order valence-corrected chi connectivity index (χ1v) is 16.0. The summed E-state index contributed by atoms with van der Waals surface area (Å²) in [5.74, 6) is -2.13. The Morgan fingerprint density at radius 3 is 1.84 bits per heavy atom. The fraction of sp³-hybridized carbons (Fsp3) is 0.179. The number of nitrogens with two attached hydrogens (primary N) is 2. The zero-order valence-corrected chi connectivity index (χ0v) is 28.7. The van der Waals surface area contributed by atoms with Gasteiger partial charge in [0.05, 0.1) is 26.9 Å². The van der Waals surface area contributed by atoms with Gasteiger partial charge in [-0.05, 0) is 60.7 Å². The van der Waals surface area contributed by atoms with Crippen molar-refractivity contribution in [2.24, 2.45) is 11.5 Å². The van der Waals surface area contributed by atoms with Crippen molar-refractivity contribution in [1.82, 2.24) is 15.0 Å². The molecule has 2 unspecified atom stereocenters. The summed E-state index contributed by atoms with van der Waals surface area (Å²) in [5.41, 5.74) is 21.0. The van der Waals surface area contributed by atoms with E-state index in [9.17, 15) is 19.7 Å². The predicted octanol–water partition coefficient (Wildman–Crippen LogP) is 7.17. The number of nitrogens with zero attached hydrogens (tertiary/aromatic N) is 1. The van der Waals surface area contributed by atoms with Crippen molar-refractivity contribution in [2.75, 3.05) is 0 Å². The lowest BCUT2D eigenvalue weighted by Gasteiger charge is -2.07. The molecule has 0 aliphatic carbocycles. The number of hydrogen-bond donors (Lipinski definition) is 7. The Kier molecular flexibility index (Phi) is 11.8. The van der Waals surface area contributed by atoms with Crippen LogP contribution in [0.15, 0.2) is 74.3 Å². The Morgan fingerprint density at radius 1 is 0.765 bits per heavy atom. The molecule has 6 aromatic rings. The largest absolute Gasteiger partial charge is 0.480 e. The molecular formula is C39H42N6O6. The van der Waals surface area contributed by atoms with Crippen LogP contribution < -0.4 is 11.5 Å². The second kappa shape index (κ2) is 16.0. The van der Waals surface area contributed by atoms with Crippen LogP contribution in [-0.2, 0) is 22.4 Å². The number of aryl methyl sites for hydroxylation is 3. The van der Waals surface area contributed by atoms with Gasteiger partial charge in [0, 0.05) is 46.8 Å². The molecule has 0 saturated heterocycles. The lowest BCUT2D eigenvalue weighted by atomic mass is 10.00. The van der Waals surface area contributed by atoms with Crippen molar-refractivity contribution in [1.29, 1.82) is 0 Å². The molecule has 12 heteroatoms. The number of H-pyrrole nitrogens is 3. The van der Waals surface area contributed by atoms with Crippen molar-refractivity contribution < 1.29 is 24.7 Å². The van der Waals surface area contributed by atoms with Crippen molar-refractivity contribution in [3.63, 3.8) is 0 Å². The van der Waals surface area contributed by atoms with Crippen LogP contribution in [0.5, 0.6) is 0 Å². The molecule has 0 bridgehead atoms. The average molecular weight is 691 g/mol. The highest BCUT2D eigenvalue weighted by Crippen LogP contribution is 2.34. The Bertz CT molecular complexity index is 2290. The van der Waals surface area contributed by atoms with E-state index in [1.165, 1.54) is 28.2 Å². The molecular weight excluding hydrogens is 648 g/mol. The van der Waals surface area contributed by atoms with Crippen LogP contribution in [0.2, 0.25) is 0 Å². The summed E-state index contributed by atoms with van der Waals surface area (Å²) in [6, 6.07) is 15.2. The minimum Gasteiger partial charge on any atom is -0.480 e.